The summed E-state index contributed by atoms with van der Waals surface area (Å²) in [6.45, 7) is 2.21. The minimum Gasteiger partial charge on any atom is -0.429 e. The van der Waals surface area contributed by atoms with Gasteiger partial charge < -0.3 is 4.74 Å². The van der Waals surface area contributed by atoms with Crippen LogP contribution in [0.25, 0.3) is 23.5 Å². The Bertz CT molecular complexity index is 1690. The first-order chi connectivity index (χ1) is 22.4. The Balaban J connectivity index is 1.24. The van der Waals surface area contributed by atoms with Crippen LogP contribution < -0.4 is 4.74 Å². The molecule has 1 aliphatic carbocycles. The van der Waals surface area contributed by atoms with E-state index in [0.717, 1.165) is 30.4 Å². The summed E-state index contributed by atoms with van der Waals surface area (Å²) in [5.74, 6) is -9.41. The van der Waals surface area contributed by atoms with Crippen molar-refractivity contribution in [3.05, 3.63) is 112 Å². The summed E-state index contributed by atoms with van der Waals surface area (Å²) in [5.41, 5.74) is -0.531. The highest BCUT2D eigenvalue weighted by atomic mass is 19.3. The summed E-state index contributed by atoms with van der Waals surface area (Å²) in [6.07, 6.45) is 10.8. The van der Waals surface area contributed by atoms with E-state index in [4.69, 9.17) is 0 Å². The van der Waals surface area contributed by atoms with Crippen molar-refractivity contribution in [1.29, 1.82) is 0 Å². The summed E-state index contributed by atoms with van der Waals surface area (Å²) in [7, 11) is 0. The molecular formula is C36H32F8N2O. The van der Waals surface area contributed by atoms with E-state index in [2.05, 4.69) is 21.6 Å². The molecule has 0 amide bonds. The van der Waals surface area contributed by atoms with E-state index in [1.165, 1.54) is 56.7 Å². The Morgan fingerprint density at radius 1 is 0.766 bits per heavy atom. The number of unbranched alkanes of at least 4 members (excludes halogenated alkanes) is 2. The third-order valence-corrected chi connectivity index (χ3v) is 8.48. The van der Waals surface area contributed by atoms with Gasteiger partial charge >= 0.3 is 6.11 Å². The summed E-state index contributed by atoms with van der Waals surface area (Å²) in [6, 6.07) is 5.56. The molecule has 4 aromatic rings. The van der Waals surface area contributed by atoms with Gasteiger partial charge in [-0.15, -0.1) is 0 Å². The van der Waals surface area contributed by atoms with E-state index >= 15 is 0 Å². The van der Waals surface area contributed by atoms with Crippen molar-refractivity contribution in [3.8, 4) is 17.1 Å². The van der Waals surface area contributed by atoms with Gasteiger partial charge in [-0.2, -0.15) is 8.78 Å². The zero-order valence-electron chi connectivity index (χ0n) is 25.5. The number of halogens is 8. The van der Waals surface area contributed by atoms with Gasteiger partial charge in [-0.1, -0.05) is 56.9 Å². The number of hydrogen-bond acceptors (Lipinski definition) is 3. The average molecular weight is 661 g/mol. The molecule has 0 bridgehead atoms. The van der Waals surface area contributed by atoms with Crippen LogP contribution in [0.15, 0.2) is 54.9 Å². The first kappa shape index (κ1) is 34.1. The molecule has 1 heterocycles. The Morgan fingerprint density at radius 3 is 2.00 bits per heavy atom. The minimum atomic E-state index is -4.72. The van der Waals surface area contributed by atoms with Gasteiger partial charge in [0.05, 0.1) is 0 Å². The van der Waals surface area contributed by atoms with Gasteiger partial charge in [0.15, 0.2) is 23.3 Å². The zero-order valence-corrected chi connectivity index (χ0v) is 25.5. The Kier molecular flexibility index (Phi) is 10.6. The number of rotatable bonds is 11. The number of alkyl halides is 2. The quantitative estimate of drug-likeness (QED) is 0.0695. The molecule has 5 rings (SSSR count). The van der Waals surface area contributed by atoms with Gasteiger partial charge in [-0.25, -0.2) is 36.3 Å². The molecule has 0 N–H and O–H groups in total. The fourth-order valence-corrected chi connectivity index (χ4v) is 5.91. The zero-order chi connectivity index (χ0) is 33.7. The standard InChI is InChI=1S/C36H32F8N2O/c1-2-3-4-5-21-6-9-23(10-7-21)26-19-45-35(46-20-26)25-13-12-24(28(37)16-25)11-8-22-14-29(38)33(30(39)15-22)36(43,44)47-27-17-31(40)34(42)32(41)18-27/h8,11-21,23H,2-7,9-10H2,1H3. The van der Waals surface area contributed by atoms with Crippen LogP contribution in [0, 0.1) is 40.8 Å². The largest absolute Gasteiger partial charge is 0.432 e. The Hall–Kier alpha value is -4.28. The smallest absolute Gasteiger partial charge is 0.429 e. The lowest BCUT2D eigenvalue weighted by Crippen LogP contribution is -2.25. The predicted octanol–water partition coefficient (Wildman–Crippen LogP) is 11.1. The van der Waals surface area contributed by atoms with Crippen LogP contribution in [0.3, 0.4) is 0 Å². The van der Waals surface area contributed by atoms with Crippen molar-refractivity contribution in [2.75, 3.05) is 0 Å². The fraction of sp³-hybridized carbons (Fsp3) is 0.333. The summed E-state index contributed by atoms with van der Waals surface area (Å²) in [4.78, 5) is 8.90. The Labute approximate surface area is 267 Å². The molecule has 11 heteroatoms. The van der Waals surface area contributed by atoms with Gasteiger partial charge in [-0.3, -0.25) is 0 Å². The predicted molar refractivity (Wildman–Crippen MR) is 162 cm³/mol. The van der Waals surface area contributed by atoms with Crippen LogP contribution in [-0.2, 0) is 6.11 Å². The van der Waals surface area contributed by atoms with E-state index in [9.17, 15) is 35.1 Å². The SMILES string of the molecule is CCCCCC1CCC(c2cnc(-c3ccc(C=Cc4cc(F)c(C(F)(F)Oc5cc(F)c(F)c(F)c5)c(F)c4)c(F)c3)nc2)CC1. The molecule has 47 heavy (non-hydrogen) atoms. The van der Waals surface area contributed by atoms with Crippen LogP contribution in [0.2, 0.25) is 0 Å². The number of nitrogens with zero attached hydrogens (tertiary/aromatic N) is 2. The van der Waals surface area contributed by atoms with Crippen molar-refractivity contribution in [2.24, 2.45) is 5.92 Å². The number of ether oxygens (including phenoxy) is 1. The van der Waals surface area contributed by atoms with Crippen LogP contribution in [0.1, 0.15) is 86.5 Å². The van der Waals surface area contributed by atoms with Crippen molar-refractivity contribution in [1.82, 2.24) is 9.97 Å². The lowest BCUT2D eigenvalue weighted by Gasteiger charge is -2.28. The highest BCUT2D eigenvalue weighted by Gasteiger charge is 2.41. The molecular weight excluding hydrogens is 628 g/mol. The van der Waals surface area contributed by atoms with E-state index in [0.29, 0.717) is 29.4 Å². The maximum absolute atomic E-state index is 15.0. The van der Waals surface area contributed by atoms with Gasteiger partial charge in [0.2, 0.25) is 0 Å². The molecule has 0 aliphatic heterocycles. The average Bonchev–Trinajstić information content (AvgIpc) is 3.03. The van der Waals surface area contributed by atoms with Crippen LogP contribution in [0.5, 0.6) is 5.75 Å². The highest BCUT2D eigenvalue weighted by Crippen LogP contribution is 2.38. The second-order valence-electron chi connectivity index (χ2n) is 11.8. The van der Waals surface area contributed by atoms with Crippen molar-refractivity contribution >= 4 is 12.2 Å². The van der Waals surface area contributed by atoms with E-state index in [1.807, 2.05) is 0 Å². The molecule has 0 atom stereocenters. The lowest BCUT2D eigenvalue weighted by molar-refractivity contribution is -0.189. The lowest BCUT2D eigenvalue weighted by atomic mass is 9.77. The van der Waals surface area contributed by atoms with Crippen molar-refractivity contribution < 1.29 is 39.9 Å². The van der Waals surface area contributed by atoms with Gasteiger partial charge in [0, 0.05) is 35.7 Å². The molecule has 248 valence electrons. The summed E-state index contributed by atoms with van der Waals surface area (Å²) >= 11 is 0. The molecule has 3 nitrogen and oxygen atoms in total. The topological polar surface area (TPSA) is 35.0 Å². The minimum absolute atomic E-state index is 0.0417. The van der Waals surface area contributed by atoms with Crippen LogP contribution in [0.4, 0.5) is 35.1 Å². The second-order valence-corrected chi connectivity index (χ2v) is 11.8. The monoisotopic (exact) mass is 660 g/mol. The third kappa shape index (κ3) is 8.18. The summed E-state index contributed by atoms with van der Waals surface area (Å²) < 4.78 is 118. The van der Waals surface area contributed by atoms with E-state index in [-0.39, 0.29) is 23.3 Å². The highest BCUT2D eigenvalue weighted by molar-refractivity contribution is 5.71. The maximum atomic E-state index is 15.0. The molecule has 0 unspecified atom stereocenters. The molecule has 1 aromatic heterocycles. The molecule has 1 aliphatic rings. The summed E-state index contributed by atoms with van der Waals surface area (Å²) in [5, 5.41) is 0. The fourth-order valence-electron chi connectivity index (χ4n) is 5.91. The molecule has 0 radical (unpaired) electrons. The van der Waals surface area contributed by atoms with Crippen molar-refractivity contribution in [2.45, 2.75) is 70.3 Å². The molecule has 3 aromatic carbocycles. The second kappa shape index (κ2) is 14.6. The third-order valence-electron chi connectivity index (χ3n) is 8.48. The molecule has 0 spiro atoms. The number of hydrogen-bond donors (Lipinski definition) is 0. The normalized spacial score (nSPS) is 17.0. The van der Waals surface area contributed by atoms with Crippen LogP contribution >= 0.6 is 0 Å². The van der Waals surface area contributed by atoms with Gasteiger partial charge in [-0.05, 0) is 66.8 Å². The van der Waals surface area contributed by atoms with E-state index < -0.39 is 52.3 Å². The maximum Gasteiger partial charge on any atom is 0.432 e. The molecule has 0 saturated heterocycles. The first-order valence-corrected chi connectivity index (χ1v) is 15.5. The molecule has 1 saturated carbocycles. The number of aromatic nitrogens is 2. The van der Waals surface area contributed by atoms with Crippen molar-refractivity contribution in [3.63, 3.8) is 0 Å². The Morgan fingerprint density at radius 2 is 1.40 bits per heavy atom. The van der Waals surface area contributed by atoms with Gasteiger partial charge in [0.25, 0.3) is 0 Å². The van der Waals surface area contributed by atoms with E-state index in [1.54, 1.807) is 18.5 Å². The number of benzene rings is 3. The van der Waals surface area contributed by atoms with Gasteiger partial charge in [0.1, 0.15) is 28.8 Å². The first-order valence-electron chi connectivity index (χ1n) is 15.5. The molecule has 1 fully saturated rings. The van der Waals surface area contributed by atoms with Crippen LogP contribution in [-0.4, -0.2) is 9.97 Å².